The Balaban J connectivity index is 1.82. The second-order valence-electron chi connectivity index (χ2n) is 6.29. The monoisotopic (exact) mass is 275 g/mol. The molecule has 1 N–H and O–H groups in total. The van der Waals surface area contributed by atoms with Crippen LogP contribution < -0.4 is 5.32 Å². The molecule has 2 rings (SSSR count). The Kier molecular flexibility index (Phi) is 6.02. The van der Waals surface area contributed by atoms with Gasteiger partial charge in [0.2, 0.25) is 0 Å². The second-order valence-corrected chi connectivity index (χ2v) is 6.29. The Morgan fingerprint density at radius 2 is 1.75 bits per heavy atom. The Morgan fingerprint density at radius 3 is 2.40 bits per heavy atom. The largest absolute Gasteiger partial charge is 0.314 e. The molecule has 1 aliphatic carbocycles. The van der Waals surface area contributed by atoms with Crippen LogP contribution in [-0.4, -0.2) is 56.6 Å². The molecule has 0 heterocycles. The highest BCUT2D eigenvalue weighted by molar-refractivity contribution is 5.27. The van der Waals surface area contributed by atoms with Crippen LogP contribution in [0.4, 0.5) is 0 Å². The second kappa shape index (κ2) is 7.77. The summed E-state index contributed by atoms with van der Waals surface area (Å²) in [7, 11) is 6.47. The van der Waals surface area contributed by atoms with Crippen LogP contribution in [0.15, 0.2) is 24.3 Å². The van der Waals surface area contributed by atoms with Gasteiger partial charge in [0.15, 0.2) is 0 Å². The summed E-state index contributed by atoms with van der Waals surface area (Å²) in [5, 5.41) is 3.61. The first kappa shape index (κ1) is 15.5. The van der Waals surface area contributed by atoms with E-state index in [1.165, 1.54) is 24.0 Å². The molecule has 3 nitrogen and oxygen atoms in total. The zero-order valence-electron chi connectivity index (χ0n) is 13.2. The van der Waals surface area contributed by atoms with Gasteiger partial charge in [-0.05, 0) is 58.1 Å². The van der Waals surface area contributed by atoms with E-state index in [4.69, 9.17) is 0 Å². The third-order valence-corrected chi connectivity index (χ3v) is 3.89. The number of hydrogen-bond acceptors (Lipinski definition) is 3. The zero-order chi connectivity index (χ0) is 14.4. The summed E-state index contributed by atoms with van der Waals surface area (Å²) in [6.07, 6.45) is 3.89. The maximum Gasteiger partial charge on any atom is 0.0233 e. The molecular weight excluding hydrogens is 246 g/mol. The minimum Gasteiger partial charge on any atom is -0.314 e. The van der Waals surface area contributed by atoms with Crippen molar-refractivity contribution in [3.8, 4) is 0 Å². The smallest absolute Gasteiger partial charge is 0.0233 e. The molecule has 1 aromatic carbocycles. The van der Waals surface area contributed by atoms with Crippen molar-refractivity contribution in [3.63, 3.8) is 0 Å². The molecule has 0 radical (unpaired) electrons. The summed E-state index contributed by atoms with van der Waals surface area (Å²) < 4.78 is 0. The highest BCUT2D eigenvalue weighted by atomic mass is 15.1. The molecule has 3 heteroatoms. The van der Waals surface area contributed by atoms with Gasteiger partial charge in [-0.3, -0.25) is 0 Å². The predicted octanol–water partition coefficient (Wildman–Crippen LogP) is 1.97. The maximum absolute atomic E-state index is 3.61. The van der Waals surface area contributed by atoms with Crippen LogP contribution in [0.1, 0.15) is 24.0 Å². The predicted molar refractivity (Wildman–Crippen MR) is 86.1 cm³/mol. The van der Waals surface area contributed by atoms with E-state index >= 15 is 0 Å². The summed E-state index contributed by atoms with van der Waals surface area (Å²) in [6.45, 7) is 4.39. The molecule has 1 saturated carbocycles. The number of nitrogens with zero attached hydrogens (tertiary/aromatic N) is 2. The third-order valence-electron chi connectivity index (χ3n) is 3.89. The third kappa shape index (κ3) is 5.61. The Morgan fingerprint density at radius 1 is 1.05 bits per heavy atom. The average Bonchev–Trinajstić information content (AvgIpc) is 3.22. The lowest BCUT2D eigenvalue weighted by Gasteiger charge is -2.21. The highest BCUT2D eigenvalue weighted by Gasteiger charge is 2.19. The van der Waals surface area contributed by atoms with Crippen LogP contribution in [-0.2, 0) is 13.0 Å². The summed E-state index contributed by atoms with van der Waals surface area (Å²) in [6, 6.07) is 9.69. The molecule has 0 unspecified atom stereocenters. The molecule has 1 fully saturated rings. The molecule has 0 bridgehead atoms. The standard InChI is InChI=1S/C17H29N3/c1-19(2)12-13-20(3)14-16-7-5-4-6-15(16)10-11-18-17-8-9-17/h4-7,17-18H,8-14H2,1-3H3. The lowest BCUT2D eigenvalue weighted by Crippen LogP contribution is -2.28. The van der Waals surface area contributed by atoms with Gasteiger partial charge in [-0.25, -0.2) is 0 Å². The van der Waals surface area contributed by atoms with Crippen LogP contribution in [0, 0.1) is 0 Å². The van der Waals surface area contributed by atoms with E-state index < -0.39 is 0 Å². The van der Waals surface area contributed by atoms with Crippen molar-refractivity contribution in [2.24, 2.45) is 0 Å². The van der Waals surface area contributed by atoms with Crippen molar-refractivity contribution in [1.29, 1.82) is 0 Å². The molecule has 0 amide bonds. The van der Waals surface area contributed by atoms with Crippen molar-refractivity contribution in [1.82, 2.24) is 15.1 Å². The van der Waals surface area contributed by atoms with Gasteiger partial charge in [-0.1, -0.05) is 24.3 Å². The van der Waals surface area contributed by atoms with Gasteiger partial charge in [-0.15, -0.1) is 0 Å². The number of hydrogen-bond donors (Lipinski definition) is 1. The normalized spacial score (nSPS) is 15.2. The van der Waals surface area contributed by atoms with Crippen LogP contribution in [0.3, 0.4) is 0 Å². The molecule has 0 saturated heterocycles. The van der Waals surface area contributed by atoms with Gasteiger partial charge in [0, 0.05) is 25.7 Å². The van der Waals surface area contributed by atoms with Crippen molar-refractivity contribution >= 4 is 0 Å². The summed E-state index contributed by atoms with van der Waals surface area (Å²) in [5.74, 6) is 0. The maximum atomic E-state index is 3.61. The fraction of sp³-hybridized carbons (Fsp3) is 0.647. The molecule has 1 aliphatic rings. The minimum absolute atomic E-state index is 0.810. The van der Waals surface area contributed by atoms with E-state index in [0.717, 1.165) is 38.6 Å². The number of rotatable bonds is 9. The molecule has 112 valence electrons. The molecular formula is C17H29N3. The minimum atomic E-state index is 0.810. The summed E-state index contributed by atoms with van der Waals surface area (Å²) in [4.78, 5) is 4.65. The molecule has 0 atom stereocenters. The van der Waals surface area contributed by atoms with Gasteiger partial charge in [0.25, 0.3) is 0 Å². The lowest BCUT2D eigenvalue weighted by atomic mass is 10.0. The van der Waals surface area contributed by atoms with E-state index in [9.17, 15) is 0 Å². The summed E-state index contributed by atoms with van der Waals surface area (Å²) in [5.41, 5.74) is 2.98. The van der Waals surface area contributed by atoms with E-state index in [1.807, 2.05) is 0 Å². The van der Waals surface area contributed by atoms with Crippen LogP contribution >= 0.6 is 0 Å². The van der Waals surface area contributed by atoms with E-state index in [1.54, 1.807) is 0 Å². The van der Waals surface area contributed by atoms with Crippen molar-refractivity contribution in [2.45, 2.75) is 31.8 Å². The highest BCUT2D eigenvalue weighted by Crippen LogP contribution is 2.19. The van der Waals surface area contributed by atoms with Crippen LogP contribution in [0.25, 0.3) is 0 Å². The lowest BCUT2D eigenvalue weighted by molar-refractivity contribution is 0.276. The van der Waals surface area contributed by atoms with E-state index in [-0.39, 0.29) is 0 Å². The topological polar surface area (TPSA) is 18.5 Å². The number of nitrogens with one attached hydrogen (secondary N) is 1. The first-order valence-corrected chi connectivity index (χ1v) is 7.78. The van der Waals surface area contributed by atoms with Gasteiger partial charge in [-0.2, -0.15) is 0 Å². The Hall–Kier alpha value is -0.900. The molecule has 1 aromatic rings. The van der Waals surface area contributed by atoms with Crippen molar-refractivity contribution in [2.75, 3.05) is 40.8 Å². The molecule has 0 aromatic heterocycles. The van der Waals surface area contributed by atoms with Gasteiger partial charge < -0.3 is 15.1 Å². The SMILES string of the molecule is CN(C)CCN(C)Cc1ccccc1CCNC1CC1. The number of likely N-dealkylation sites (N-methyl/N-ethyl adjacent to an activating group) is 2. The zero-order valence-corrected chi connectivity index (χ0v) is 13.2. The molecule has 20 heavy (non-hydrogen) atoms. The number of benzene rings is 1. The van der Waals surface area contributed by atoms with E-state index in [2.05, 4.69) is 60.5 Å². The Bertz CT molecular complexity index is 399. The van der Waals surface area contributed by atoms with Crippen molar-refractivity contribution in [3.05, 3.63) is 35.4 Å². The van der Waals surface area contributed by atoms with Crippen LogP contribution in [0.5, 0.6) is 0 Å². The van der Waals surface area contributed by atoms with Gasteiger partial charge in [0.05, 0.1) is 0 Å². The average molecular weight is 275 g/mol. The van der Waals surface area contributed by atoms with Crippen molar-refractivity contribution < 1.29 is 0 Å². The Labute approximate surface area is 124 Å². The molecule has 0 spiro atoms. The van der Waals surface area contributed by atoms with E-state index in [0.29, 0.717) is 0 Å². The fourth-order valence-electron chi connectivity index (χ4n) is 2.39. The first-order chi connectivity index (χ1) is 9.65. The fourth-order valence-corrected chi connectivity index (χ4v) is 2.39. The van der Waals surface area contributed by atoms with Gasteiger partial charge >= 0.3 is 0 Å². The quantitative estimate of drug-likeness (QED) is 0.743. The first-order valence-electron chi connectivity index (χ1n) is 7.78. The van der Waals surface area contributed by atoms with Gasteiger partial charge in [0.1, 0.15) is 0 Å². The summed E-state index contributed by atoms with van der Waals surface area (Å²) >= 11 is 0. The van der Waals surface area contributed by atoms with Crippen LogP contribution in [0.2, 0.25) is 0 Å². The molecule has 0 aliphatic heterocycles.